The Balaban J connectivity index is 1.64. The summed E-state index contributed by atoms with van der Waals surface area (Å²) in [5, 5.41) is 4.08. The predicted octanol–water partition coefficient (Wildman–Crippen LogP) is 2.94. The second kappa shape index (κ2) is 5.61. The molecule has 19 heavy (non-hydrogen) atoms. The summed E-state index contributed by atoms with van der Waals surface area (Å²) in [5.74, 6) is 0. The molecule has 0 bridgehead atoms. The van der Waals surface area contributed by atoms with Crippen LogP contribution in [0.2, 0.25) is 0 Å². The van der Waals surface area contributed by atoms with E-state index in [4.69, 9.17) is 0 Å². The van der Waals surface area contributed by atoms with E-state index in [0.29, 0.717) is 0 Å². The molecule has 0 atom stereocenters. The molecule has 0 aliphatic heterocycles. The van der Waals surface area contributed by atoms with Gasteiger partial charge in [0.15, 0.2) is 0 Å². The third kappa shape index (κ3) is 3.16. The first-order valence-corrected chi connectivity index (χ1v) is 8.41. The van der Waals surface area contributed by atoms with Crippen LogP contribution < -0.4 is 4.87 Å². The third-order valence-electron chi connectivity index (χ3n) is 3.59. The van der Waals surface area contributed by atoms with Crippen LogP contribution >= 0.6 is 22.7 Å². The fourth-order valence-electron chi connectivity index (χ4n) is 2.34. The van der Waals surface area contributed by atoms with E-state index in [0.717, 1.165) is 31.4 Å². The van der Waals surface area contributed by atoms with Crippen molar-refractivity contribution in [3.05, 3.63) is 43.1 Å². The molecular weight excluding hydrogens is 276 g/mol. The first-order valence-electron chi connectivity index (χ1n) is 6.65. The Hall–Kier alpha value is -0.910. The highest BCUT2D eigenvalue weighted by Gasteiger charge is 2.28. The SMILES string of the molecule is Cc1csc(=O)n1CCN(Cc1cccs1)C1CC1. The van der Waals surface area contributed by atoms with E-state index in [2.05, 4.69) is 22.4 Å². The Morgan fingerprint density at radius 2 is 2.26 bits per heavy atom. The van der Waals surface area contributed by atoms with Gasteiger partial charge in [-0.05, 0) is 31.2 Å². The van der Waals surface area contributed by atoms with E-state index in [1.165, 1.54) is 29.1 Å². The number of nitrogens with zero attached hydrogens (tertiary/aromatic N) is 2. The molecule has 2 aromatic heterocycles. The number of rotatable bonds is 6. The summed E-state index contributed by atoms with van der Waals surface area (Å²) < 4.78 is 1.90. The number of thiophene rings is 1. The lowest BCUT2D eigenvalue weighted by atomic mass is 10.3. The third-order valence-corrected chi connectivity index (χ3v) is 5.33. The number of aryl methyl sites for hydroxylation is 1. The van der Waals surface area contributed by atoms with Crippen molar-refractivity contribution in [1.82, 2.24) is 9.47 Å². The number of hydrogen-bond acceptors (Lipinski definition) is 4. The highest BCUT2D eigenvalue weighted by molar-refractivity contribution is 7.09. The maximum atomic E-state index is 11.7. The van der Waals surface area contributed by atoms with Gasteiger partial charge in [0, 0.05) is 41.6 Å². The molecule has 2 aromatic rings. The topological polar surface area (TPSA) is 25.2 Å². The van der Waals surface area contributed by atoms with E-state index < -0.39 is 0 Å². The maximum absolute atomic E-state index is 11.7. The van der Waals surface area contributed by atoms with Gasteiger partial charge >= 0.3 is 4.87 Å². The molecule has 1 saturated carbocycles. The van der Waals surface area contributed by atoms with E-state index >= 15 is 0 Å². The van der Waals surface area contributed by atoms with Crippen molar-refractivity contribution in [2.24, 2.45) is 0 Å². The van der Waals surface area contributed by atoms with Gasteiger partial charge in [-0.3, -0.25) is 9.69 Å². The zero-order chi connectivity index (χ0) is 13.2. The molecule has 0 radical (unpaired) electrons. The van der Waals surface area contributed by atoms with Crippen LogP contribution in [0.3, 0.4) is 0 Å². The summed E-state index contributed by atoms with van der Waals surface area (Å²) in [4.78, 5) is 15.8. The first-order chi connectivity index (χ1) is 9.24. The lowest BCUT2D eigenvalue weighted by Crippen LogP contribution is -2.31. The molecule has 0 N–H and O–H groups in total. The largest absolute Gasteiger partial charge is 0.307 e. The summed E-state index contributed by atoms with van der Waals surface area (Å²) in [7, 11) is 0. The van der Waals surface area contributed by atoms with Gasteiger partial charge in [0.1, 0.15) is 0 Å². The molecule has 0 amide bonds. The molecule has 1 aliphatic carbocycles. The van der Waals surface area contributed by atoms with Crippen molar-refractivity contribution in [3.8, 4) is 0 Å². The van der Waals surface area contributed by atoms with E-state index in [1.807, 2.05) is 28.2 Å². The minimum atomic E-state index is 0.171. The summed E-state index contributed by atoms with van der Waals surface area (Å²) >= 11 is 3.12. The monoisotopic (exact) mass is 294 g/mol. The van der Waals surface area contributed by atoms with Gasteiger partial charge in [0.05, 0.1) is 0 Å². The number of thiazole rings is 1. The molecule has 3 rings (SSSR count). The maximum Gasteiger partial charge on any atom is 0.307 e. The molecule has 0 saturated heterocycles. The van der Waals surface area contributed by atoms with Gasteiger partial charge in [-0.15, -0.1) is 11.3 Å². The van der Waals surface area contributed by atoms with Crippen molar-refractivity contribution >= 4 is 22.7 Å². The molecule has 1 fully saturated rings. The molecule has 1 aliphatic rings. The van der Waals surface area contributed by atoms with Gasteiger partial charge in [0.2, 0.25) is 0 Å². The summed E-state index contributed by atoms with van der Waals surface area (Å²) in [6.45, 7) is 4.83. The Morgan fingerprint density at radius 1 is 1.42 bits per heavy atom. The molecule has 0 aromatic carbocycles. The first kappa shape index (κ1) is 13.1. The van der Waals surface area contributed by atoms with E-state index in [9.17, 15) is 4.79 Å². The van der Waals surface area contributed by atoms with Crippen LogP contribution in [0.15, 0.2) is 27.7 Å². The van der Waals surface area contributed by atoms with Crippen molar-refractivity contribution in [1.29, 1.82) is 0 Å². The van der Waals surface area contributed by atoms with Crippen LogP contribution in [0, 0.1) is 6.92 Å². The fourth-order valence-corrected chi connectivity index (χ4v) is 3.83. The van der Waals surface area contributed by atoms with Crippen molar-refractivity contribution in [2.45, 2.75) is 38.9 Å². The normalized spacial score (nSPS) is 15.3. The Labute approximate surface area is 121 Å². The minimum absolute atomic E-state index is 0.171. The highest BCUT2D eigenvalue weighted by Crippen LogP contribution is 2.29. The van der Waals surface area contributed by atoms with Crippen molar-refractivity contribution in [2.75, 3.05) is 6.54 Å². The van der Waals surface area contributed by atoms with Crippen molar-refractivity contribution in [3.63, 3.8) is 0 Å². The molecule has 5 heteroatoms. The fraction of sp³-hybridized carbons (Fsp3) is 0.500. The predicted molar refractivity (Wildman–Crippen MR) is 81.1 cm³/mol. The average molecular weight is 294 g/mol. The highest BCUT2D eigenvalue weighted by atomic mass is 32.1. The lowest BCUT2D eigenvalue weighted by molar-refractivity contribution is 0.245. The average Bonchev–Trinajstić information content (AvgIpc) is 3.03. The van der Waals surface area contributed by atoms with Crippen LogP contribution in [-0.4, -0.2) is 22.1 Å². The lowest BCUT2D eigenvalue weighted by Gasteiger charge is -2.21. The Kier molecular flexibility index (Phi) is 3.86. The minimum Gasteiger partial charge on any atom is -0.302 e. The summed E-state index contributed by atoms with van der Waals surface area (Å²) in [6.07, 6.45) is 2.62. The summed E-state index contributed by atoms with van der Waals surface area (Å²) in [6, 6.07) is 5.04. The Bertz CT molecular complexity index is 581. The standard InChI is InChI=1S/C14H18N2OS2/c1-11-10-19-14(17)16(11)7-6-15(12-4-5-12)9-13-3-2-8-18-13/h2-3,8,10,12H,4-7,9H2,1H3. The van der Waals surface area contributed by atoms with Gasteiger partial charge in [-0.1, -0.05) is 17.4 Å². The molecule has 2 heterocycles. The molecule has 0 unspecified atom stereocenters. The van der Waals surface area contributed by atoms with Crippen LogP contribution in [0.4, 0.5) is 0 Å². The Morgan fingerprint density at radius 3 is 2.84 bits per heavy atom. The molecule has 102 valence electrons. The van der Waals surface area contributed by atoms with Gasteiger partial charge in [-0.25, -0.2) is 0 Å². The molecule has 0 spiro atoms. The zero-order valence-electron chi connectivity index (χ0n) is 11.0. The van der Waals surface area contributed by atoms with Crippen LogP contribution in [0.25, 0.3) is 0 Å². The van der Waals surface area contributed by atoms with E-state index in [1.54, 1.807) is 0 Å². The van der Waals surface area contributed by atoms with Crippen LogP contribution in [-0.2, 0) is 13.1 Å². The molecular formula is C14H18N2OS2. The number of hydrogen-bond donors (Lipinski definition) is 0. The smallest absolute Gasteiger partial charge is 0.302 e. The quantitative estimate of drug-likeness (QED) is 0.818. The summed E-state index contributed by atoms with van der Waals surface area (Å²) in [5.41, 5.74) is 1.09. The van der Waals surface area contributed by atoms with Crippen molar-refractivity contribution < 1.29 is 0 Å². The number of aromatic nitrogens is 1. The second-order valence-electron chi connectivity index (χ2n) is 5.08. The van der Waals surface area contributed by atoms with Gasteiger partial charge < -0.3 is 4.57 Å². The van der Waals surface area contributed by atoms with Crippen LogP contribution in [0.1, 0.15) is 23.4 Å². The van der Waals surface area contributed by atoms with E-state index in [-0.39, 0.29) is 4.87 Å². The zero-order valence-corrected chi connectivity index (χ0v) is 12.7. The second-order valence-corrected chi connectivity index (χ2v) is 6.93. The molecule has 3 nitrogen and oxygen atoms in total. The van der Waals surface area contributed by atoms with Gasteiger partial charge in [0.25, 0.3) is 0 Å². The van der Waals surface area contributed by atoms with Crippen LogP contribution in [0.5, 0.6) is 0 Å². The van der Waals surface area contributed by atoms with Gasteiger partial charge in [-0.2, -0.15) is 0 Å².